The van der Waals surface area contributed by atoms with E-state index in [1.165, 1.54) is 12.1 Å². The van der Waals surface area contributed by atoms with Crippen LogP contribution in [0.2, 0.25) is 0 Å². The number of nitriles is 1. The fourth-order valence-corrected chi connectivity index (χ4v) is 3.03. The van der Waals surface area contributed by atoms with Crippen molar-refractivity contribution in [3.05, 3.63) is 47.3 Å². The van der Waals surface area contributed by atoms with E-state index < -0.39 is 17.6 Å². The summed E-state index contributed by atoms with van der Waals surface area (Å²) in [5.41, 5.74) is 0.763. The average Bonchev–Trinajstić information content (AvgIpc) is 2.85. The number of hydrogen-bond donors (Lipinski definition) is 0. The molecule has 0 unspecified atom stereocenters. The number of ether oxygens (including phenoxy) is 1. The van der Waals surface area contributed by atoms with Gasteiger partial charge in [-0.15, -0.1) is 0 Å². The highest BCUT2D eigenvalue weighted by Gasteiger charge is 2.41. The van der Waals surface area contributed by atoms with Crippen molar-refractivity contribution in [2.45, 2.75) is 25.7 Å². The number of hydrogen-bond acceptors (Lipinski definition) is 4. The van der Waals surface area contributed by atoms with Gasteiger partial charge in [-0.2, -0.15) is 5.26 Å². The number of carbonyl (C=O) groups is 2. The highest BCUT2D eigenvalue weighted by atomic mass is 19.1. The number of halogens is 1. The molecular weight excluding hydrogens is 311 g/mol. The van der Waals surface area contributed by atoms with Crippen LogP contribution < -0.4 is 9.64 Å². The molecule has 0 atom stereocenters. The van der Waals surface area contributed by atoms with E-state index in [2.05, 4.69) is 6.58 Å². The average molecular weight is 326 g/mol. The number of imide groups is 1. The molecule has 2 amide bonds. The first kappa shape index (κ1) is 15.9. The third kappa shape index (κ3) is 2.48. The fourth-order valence-electron chi connectivity index (χ4n) is 3.03. The molecule has 0 saturated heterocycles. The van der Waals surface area contributed by atoms with Crippen LogP contribution in [0, 0.1) is 17.1 Å². The lowest BCUT2D eigenvalue weighted by Crippen LogP contribution is -2.32. The second kappa shape index (κ2) is 6.28. The van der Waals surface area contributed by atoms with E-state index in [1.807, 2.05) is 6.07 Å². The molecule has 0 radical (unpaired) electrons. The Hall–Kier alpha value is -2.94. The summed E-state index contributed by atoms with van der Waals surface area (Å²) >= 11 is 0. The topological polar surface area (TPSA) is 70.4 Å². The Balaban J connectivity index is 2.04. The summed E-state index contributed by atoms with van der Waals surface area (Å²) in [6.45, 7) is 3.64. The maximum Gasteiger partial charge on any atom is 0.261 e. The van der Waals surface area contributed by atoms with E-state index in [0.717, 1.165) is 23.8 Å². The zero-order valence-electron chi connectivity index (χ0n) is 13.0. The maximum absolute atomic E-state index is 14.4. The van der Waals surface area contributed by atoms with Gasteiger partial charge in [0.05, 0.1) is 11.3 Å². The minimum absolute atomic E-state index is 0.00471. The standard InChI is InChI=1S/C18H15FN2O3/c1-2-7-24-16-9-15(14(19)8-11(16)10-20)21-17(22)12-5-3-4-6-13(12)18(21)23/h2,8-9H,1,3-7H2. The van der Waals surface area contributed by atoms with Crippen molar-refractivity contribution >= 4 is 17.5 Å². The lowest BCUT2D eigenvalue weighted by atomic mass is 9.93. The van der Waals surface area contributed by atoms with Crippen molar-refractivity contribution in [2.75, 3.05) is 11.5 Å². The number of nitrogens with zero attached hydrogens (tertiary/aromatic N) is 2. The minimum atomic E-state index is -0.806. The predicted octanol–water partition coefficient (Wildman–Crippen LogP) is 3.01. The van der Waals surface area contributed by atoms with E-state index in [0.29, 0.717) is 24.0 Å². The SMILES string of the molecule is C=CCOc1cc(N2C(=O)C3=C(CCCC3)C2=O)c(F)cc1C#N. The molecular formula is C18H15FN2O3. The quantitative estimate of drug-likeness (QED) is 0.630. The van der Waals surface area contributed by atoms with Crippen LogP contribution in [-0.2, 0) is 9.59 Å². The van der Waals surface area contributed by atoms with Crippen LogP contribution >= 0.6 is 0 Å². The Morgan fingerprint density at radius 1 is 1.25 bits per heavy atom. The Kier molecular flexibility index (Phi) is 4.17. The Morgan fingerprint density at radius 3 is 2.42 bits per heavy atom. The van der Waals surface area contributed by atoms with Crippen LogP contribution in [0.5, 0.6) is 5.75 Å². The Labute approximate surface area is 138 Å². The summed E-state index contributed by atoms with van der Waals surface area (Å²) in [7, 11) is 0. The maximum atomic E-state index is 14.4. The van der Waals surface area contributed by atoms with Gasteiger partial charge >= 0.3 is 0 Å². The van der Waals surface area contributed by atoms with Gasteiger partial charge in [0.1, 0.15) is 24.2 Å². The molecule has 6 heteroatoms. The van der Waals surface area contributed by atoms with Crippen LogP contribution in [0.4, 0.5) is 10.1 Å². The van der Waals surface area contributed by atoms with Crippen molar-refractivity contribution in [1.29, 1.82) is 5.26 Å². The van der Waals surface area contributed by atoms with Gasteiger partial charge in [-0.1, -0.05) is 12.7 Å². The molecule has 1 aromatic rings. The summed E-state index contributed by atoms with van der Waals surface area (Å²) in [5.74, 6) is -1.65. The van der Waals surface area contributed by atoms with Gasteiger partial charge in [0.15, 0.2) is 0 Å². The molecule has 5 nitrogen and oxygen atoms in total. The van der Waals surface area contributed by atoms with Crippen molar-refractivity contribution in [1.82, 2.24) is 0 Å². The molecule has 1 heterocycles. The van der Waals surface area contributed by atoms with E-state index in [1.54, 1.807) is 0 Å². The lowest BCUT2D eigenvalue weighted by molar-refractivity contribution is -0.120. The molecule has 1 aliphatic heterocycles. The predicted molar refractivity (Wildman–Crippen MR) is 84.8 cm³/mol. The van der Waals surface area contributed by atoms with Crippen LogP contribution in [0.1, 0.15) is 31.2 Å². The van der Waals surface area contributed by atoms with Gasteiger partial charge in [-0.05, 0) is 31.7 Å². The van der Waals surface area contributed by atoms with Crippen molar-refractivity contribution < 1.29 is 18.7 Å². The molecule has 0 N–H and O–H groups in total. The lowest BCUT2D eigenvalue weighted by Gasteiger charge is -2.18. The van der Waals surface area contributed by atoms with Crippen LogP contribution in [0.25, 0.3) is 0 Å². The fraction of sp³-hybridized carbons (Fsp3) is 0.278. The van der Waals surface area contributed by atoms with E-state index >= 15 is 0 Å². The van der Waals surface area contributed by atoms with E-state index in [9.17, 15) is 14.0 Å². The molecule has 24 heavy (non-hydrogen) atoms. The van der Waals surface area contributed by atoms with Gasteiger partial charge in [-0.3, -0.25) is 9.59 Å². The number of carbonyl (C=O) groups excluding carboxylic acids is 2. The Bertz CT molecular complexity index is 792. The molecule has 122 valence electrons. The number of benzene rings is 1. The van der Waals surface area contributed by atoms with Crippen LogP contribution in [-0.4, -0.2) is 18.4 Å². The summed E-state index contributed by atoms with van der Waals surface area (Å²) in [4.78, 5) is 25.9. The highest BCUT2D eigenvalue weighted by Crippen LogP contribution is 2.38. The Morgan fingerprint density at radius 2 is 1.88 bits per heavy atom. The van der Waals surface area contributed by atoms with Gasteiger partial charge in [0.25, 0.3) is 11.8 Å². The van der Waals surface area contributed by atoms with E-state index in [-0.39, 0.29) is 23.6 Å². The van der Waals surface area contributed by atoms with E-state index in [4.69, 9.17) is 10.00 Å². The second-order valence-corrected chi connectivity index (χ2v) is 5.62. The first-order chi connectivity index (χ1) is 11.6. The zero-order valence-corrected chi connectivity index (χ0v) is 13.0. The minimum Gasteiger partial charge on any atom is -0.488 e. The number of rotatable bonds is 4. The largest absolute Gasteiger partial charge is 0.488 e. The number of anilines is 1. The smallest absolute Gasteiger partial charge is 0.261 e. The summed E-state index contributed by atoms with van der Waals surface area (Å²) in [6, 6.07) is 4.04. The van der Waals surface area contributed by atoms with Gasteiger partial charge in [0, 0.05) is 17.2 Å². The third-order valence-corrected chi connectivity index (χ3v) is 4.16. The second-order valence-electron chi connectivity index (χ2n) is 5.62. The highest BCUT2D eigenvalue weighted by molar-refractivity contribution is 6.33. The first-order valence-corrected chi connectivity index (χ1v) is 7.66. The molecule has 1 aliphatic carbocycles. The summed E-state index contributed by atoms with van der Waals surface area (Å²) in [6.07, 6.45) is 4.24. The summed E-state index contributed by atoms with van der Waals surface area (Å²) < 4.78 is 19.8. The number of amides is 2. The molecule has 1 aromatic carbocycles. The third-order valence-electron chi connectivity index (χ3n) is 4.16. The van der Waals surface area contributed by atoms with Crippen molar-refractivity contribution in [3.8, 4) is 11.8 Å². The molecule has 3 rings (SSSR count). The first-order valence-electron chi connectivity index (χ1n) is 7.66. The summed E-state index contributed by atoms with van der Waals surface area (Å²) in [5, 5.41) is 9.09. The van der Waals surface area contributed by atoms with Crippen LogP contribution in [0.3, 0.4) is 0 Å². The van der Waals surface area contributed by atoms with Crippen LogP contribution in [0.15, 0.2) is 35.9 Å². The van der Waals surface area contributed by atoms with Crippen molar-refractivity contribution in [2.24, 2.45) is 0 Å². The molecule has 0 aromatic heterocycles. The molecule has 2 aliphatic rings. The molecule has 0 fully saturated rings. The monoisotopic (exact) mass is 326 g/mol. The van der Waals surface area contributed by atoms with Crippen molar-refractivity contribution in [3.63, 3.8) is 0 Å². The molecule has 0 spiro atoms. The molecule has 0 saturated carbocycles. The van der Waals surface area contributed by atoms with Gasteiger partial charge in [-0.25, -0.2) is 9.29 Å². The molecule has 0 bridgehead atoms. The van der Waals surface area contributed by atoms with Gasteiger partial charge in [0.2, 0.25) is 0 Å². The normalized spacial score (nSPS) is 16.9. The van der Waals surface area contributed by atoms with Gasteiger partial charge < -0.3 is 4.74 Å². The zero-order chi connectivity index (χ0) is 17.3.